The summed E-state index contributed by atoms with van der Waals surface area (Å²) in [5.41, 5.74) is -0.988. The van der Waals surface area contributed by atoms with E-state index in [1.165, 1.54) is 0 Å². The molecule has 0 aliphatic carbocycles. The van der Waals surface area contributed by atoms with Crippen LogP contribution in [0.2, 0.25) is 0 Å². The molecular weight excluding hydrogens is 361 g/mol. The Morgan fingerprint density at radius 1 is 1.32 bits per heavy atom. The van der Waals surface area contributed by atoms with Gasteiger partial charge in [0.2, 0.25) is 0 Å². The van der Waals surface area contributed by atoms with Crippen LogP contribution in [0.4, 0.5) is 0 Å². The number of rotatable bonds is 6. The molecule has 0 atom stereocenters. The van der Waals surface area contributed by atoms with E-state index in [9.17, 15) is 9.59 Å². The number of hydrogen-bond acceptors (Lipinski definition) is 3. The number of ether oxygens (including phenoxy) is 1. The van der Waals surface area contributed by atoms with Crippen molar-refractivity contribution < 1.29 is 19.4 Å². The van der Waals surface area contributed by atoms with Crippen molar-refractivity contribution in [1.82, 2.24) is 5.32 Å². The summed E-state index contributed by atoms with van der Waals surface area (Å²) in [6.07, 6.45) is 0. The molecule has 2 N–H and O–H groups in total. The molecular formula is C13H16INO4. The fourth-order valence-electron chi connectivity index (χ4n) is 1.13. The normalized spacial score (nSPS) is 10.9. The van der Waals surface area contributed by atoms with E-state index >= 15 is 0 Å². The van der Waals surface area contributed by atoms with Gasteiger partial charge in [-0.05, 0) is 60.7 Å². The van der Waals surface area contributed by atoms with Crippen molar-refractivity contribution >= 4 is 34.5 Å². The van der Waals surface area contributed by atoms with Gasteiger partial charge in [-0.1, -0.05) is 0 Å². The summed E-state index contributed by atoms with van der Waals surface area (Å²) in [7, 11) is 0. The lowest BCUT2D eigenvalue weighted by Gasteiger charge is -2.19. The Morgan fingerprint density at radius 3 is 2.42 bits per heavy atom. The first-order valence-electron chi connectivity index (χ1n) is 5.70. The maximum Gasteiger partial charge on any atom is 0.310 e. The maximum absolute atomic E-state index is 11.5. The van der Waals surface area contributed by atoms with E-state index in [0.29, 0.717) is 5.75 Å². The molecule has 0 saturated heterocycles. The fourth-order valence-corrected chi connectivity index (χ4v) is 1.49. The fraction of sp³-hybridized carbons (Fsp3) is 0.385. The Bertz CT molecular complexity index is 456. The Kier molecular flexibility index (Phi) is 5.59. The van der Waals surface area contributed by atoms with Gasteiger partial charge >= 0.3 is 5.97 Å². The van der Waals surface area contributed by atoms with Crippen molar-refractivity contribution in [1.29, 1.82) is 0 Å². The predicted octanol–water partition coefficient (Wildman–Crippen LogP) is 1.90. The molecule has 0 spiro atoms. The minimum absolute atomic E-state index is 0.0667. The Labute approximate surface area is 125 Å². The van der Waals surface area contributed by atoms with Crippen molar-refractivity contribution in [2.45, 2.75) is 13.8 Å². The number of aliphatic carboxylic acids is 1. The molecule has 0 aliphatic heterocycles. The number of nitrogens with one attached hydrogen (secondary N) is 1. The second-order valence-corrected chi connectivity index (χ2v) is 5.95. The van der Waals surface area contributed by atoms with Crippen molar-refractivity contribution in [2.75, 3.05) is 13.2 Å². The van der Waals surface area contributed by atoms with Crippen LogP contribution in [0, 0.1) is 8.99 Å². The Hall–Kier alpha value is -1.31. The van der Waals surface area contributed by atoms with E-state index in [1.807, 2.05) is 12.1 Å². The highest BCUT2D eigenvalue weighted by Crippen LogP contribution is 2.14. The van der Waals surface area contributed by atoms with Crippen LogP contribution in [0.3, 0.4) is 0 Å². The van der Waals surface area contributed by atoms with Crippen LogP contribution in [0.15, 0.2) is 24.3 Å². The van der Waals surface area contributed by atoms with E-state index < -0.39 is 11.4 Å². The summed E-state index contributed by atoms with van der Waals surface area (Å²) >= 11 is 2.18. The number of carbonyl (C=O) groups excluding carboxylic acids is 1. The predicted molar refractivity (Wildman–Crippen MR) is 79.1 cm³/mol. The molecule has 104 valence electrons. The number of carboxylic acid groups (broad SMARTS) is 1. The molecule has 0 radical (unpaired) electrons. The maximum atomic E-state index is 11.5. The van der Waals surface area contributed by atoms with Crippen molar-refractivity contribution in [3.63, 3.8) is 0 Å². The quantitative estimate of drug-likeness (QED) is 0.743. The summed E-state index contributed by atoms with van der Waals surface area (Å²) in [5.74, 6) is -0.688. The smallest absolute Gasteiger partial charge is 0.310 e. The molecule has 0 aliphatic rings. The van der Waals surface area contributed by atoms with Crippen LogP contribution < -0.4 is 10.1 Å². The third kappa shape index (κ3) is 5.46. The summed E-state index contributed by atoms with van der Waals surface area (Å²) in [6.45, 7) is 3.04. The highest BCUT2D eigenvalue weighted by Gasteiger charge is 2.27. The molecule has 0 bridgehead atoms. The van der Waals surface area contributed by atoms with Gasteiger partial charge in [0, 0.05) is 10.1 Å². The summed E-state index contributed by atoms with van der Waals surface area (Å²) in [5, 5.41) is 11.4. The molecule has 0 unspecified atom stereocenters. The minimum atomic E-state index is -0.988. The molecule has 1 aromatic rings. The first kappa shape index (κ1) is 15.7. The lowest BCUT2D eigenvalue weighted by molar-refractivity contribution is -0.146. The monoisotopic (exact) mass is 377 g/mol. The van der Waals surface area contributed by atoms with E-state index in [2.05, 4.69) is 27.9 Å². The average molecular weight is 377 g/mol. The zero-order chi connectivity index (χ0) is 14.5. The van der Waals surface area contributed by atoms with Gasteiger partial charge in [-0.15, -0.1) is 0 Å². The molecule has 0 saturated carbocycles. The molecule has 1 rings (SSSR count). The van der Waals surface area contributed by atoms with Crippen LogP contribution >= 0.6 is 22.6 Å². The first-order valence-corrected chi connectivity index (χ1v) is 6.77. The second-order valence-electron chi connectivity index (χ2n) is 4.71. The van der Waals surface area contributed by atoms with Crippen LogP contribution in [0.1, 0.15) is 13.8 Å². The Balaban J connectivity index is 2.36. The number of carboxylic acids is 1. The standard InChI is InChI=1S/C13H16INO4/c1-13(2,12(17)18)8-15-11(16)7-19-10-5-3-9(14)4-6-10/h3-6H,7-8H2,1-2H3,(H,15,16)(H,17,18). The first-order chi connectivity index (χ1) is 8.81. The highest BCUT2D eigenvalue weighted by atomic mass is 127. The molecule has 1 aromatic carbocycles. The van der Waals surface area contributed by atoms with Gasteiger partial charge in [-0.3, -0.25) is 9.59 Å². The average Bonchev–Trinajstić information content (AvgIpc) is 2.35. The number of benzene rings is 1. The van der Waals surface area contributed by atoms with Gasteiger partial charge in [0.1, 0.15) is 5.75 Å². The lowest BCUT2D eigenvalue weighted by atomic mass is 9.94. The van der Waals surface area contributed by atoms with Gasteiger partial charge in [0.15, 0.2) is 6.61 Å². The van der Waals surface area contributed by atoms with Gasteiger partial charge in [0.05, 0.1) is 5.41 Å². The largest absolute Gasteiger partial charge is 0.484 e. The van der Waals surface area contributed by atoms with Crippen LogP contribution in [0.5, 0.6) is 5.75 Å². The summed E-state index contributed by atoms with van der Waals surface area (Å²) < 4.78 is 6.37. The molecule has 0 fully saturated rings. The number of carbonyl (C=O) groups is 2. The van der Waals surface area contributed by atoms with Crippen LogP contribution in [0.25, 0.3) is 0 Å². The molecule has 0 aromatic heterocycles. The minimum Gasteiger partial charge on any atom is -0.484 e. The van der Waals surface area contributed by atoms with Crippen molar-refractivity contribution in [2.24, 2.45) is 5.41 Å². The lowest BCUT2D eigenvalue weighted by Crippen LogP contribution is -2.40. The Morgan fingerprint density at radius 2 is 1.89 bits per heavy atom. The van der Waals surface area contributed by atoms with Crippen LogP contribution in [-0.2, 0) is 9.59 Å². The molecule has 0 heterocycles. The van der Waals surface area contributed by atoms with Gasteiger partial charge < -0.3 is 15.2 Å². The van der Waals surface area contributed by atoms with E-state index in [0.717, 1.165) is 3.57 Å². The molecule has 1 amide bonds. The third-order valence-electron chi connectivity index (χ3n) is 2.49. The third-order valence-corrected chi connectivity index (χ3v) is 3.21. The van der Waals surface area contributed by atoms with Gasteiger partial charge in [0.25, 0.3) is 5.91 Å². The molecule has 6 heteroatoms. The number of halogens is 1. The number of amides is 1. The van der Waals surface area contributed by atoms with E-state index in [1.54, 1.807) is 26.0 Å². The zero-order valence-corrected chi connectivity index (χ0v) is 12.9. The summed E-state index contributed by atoms with van der Waals surface area (Å²) in [6, 6.07) is 7.30. The van der Waals surface area contributed by atoms with Crippen molar-refractivity contribution in [3.05, 3.63) is 27.8 Å². The molecule has 19 heavy (non-hydrogen) atoms. The van der Waals surface area contributed by atoms with E-state index in [4.69, 9.17) is 9.84 Å². The summed E-state index contributed by atoms with van der Waals surface area (Å²) in [4.78, 5) is 22.4. The van der Waals surface area contributed by atoms with E-state index in [-0.39, 0.29) is 19.1 Å². The number of hydrogen-bond donors (Lipinski definition) is 2. The topological polar surface area (TPSA) is 75.6 Å². The van der Waals surface area contributed by atoms with Crippen LogP contribution in [-0.4, -0.2) is 30.1 Å². The zero-order valence-electron chi connectivity index (χ0n) is 10.8. The second kappa shape index (κ2) is 6.74. The van der Waals surface area contributed by atoms with Gasteiger partial charge in [-0.25, -0.2) is 0 Å². The highest BCUT2D eigenvalue weighted by molar-refractivity contribution is 14.1. The molecule has 5 nitrogen and oxygen atoms in total. The SMILES string of the molecule is CC(C)(CNC(=O)COc1ccc(I)cc1)C(=O)O. The van der Waals surface area contributed by atoms with Crippen molar-refractivity contribution in [3.8, 4) is 5.75 Å². The van der Waals surface area contributed by atoms with Gasteiger partial charge in [-0.2, -0.15) is 0 Å².